The average molecular weight is 363 g/mol. The van der Waals surface area contributed by atoms with Gasteiger partial charge in [0.1, 0.15) is 5.82 Å². The molecule has 2 aliphatic rings. The summed E-state index contributed by atoms with van der Waals surface area (Å²) in [5.41, 5.74) is 0.962. The van der Waals surface area contributed by atoms with Crippen LogP contribution in [0.15, 0.2) is 47.2 Å². The Labute approximate surface area is 159 Å². The van der Waals surface area contributed by atoms with Gasteiger partial charge < -0.3 is 14.0 Å². The van der Waals surface area contributed by atoms with Crippen molar-refractivity contribution in [3.63, 3.8) is 0 Å². The molecule has 1 aliphatic carbocycles. The number of imidazole rings is 1. The van der Waals surface area contributed by atoms with E-state index in [0.29, 0.717) is 17.8 Å². The van der Waals surface area contributed by atoms with E-state index in [1.165, 1.54) is 25.1 Å². The van der Waals surface area contributed by atoms with Crippen LogP contribution in [0.1, 0.15) is 43.8 Å². The van der Waals surface area contributed by atoms with Crippen molar-refractivity contribution in [2.45, 2.75) is 44.6 Å². The van der Waals surface area contributed by atoms with Gasteiger partial charge in [0.15, 0.2) is 0 Å². The number of hydrogen-bond acceptors (Lipinski definition) is 5. The van der Waals surface area contributed by atoms with Gasteiger partial charge >= 0.3 is 0 Å². The van der Waals surface area contributed by atoms with Crippen LogP contribution in [0.3, 0.4) is 0 Å². The lowest BCUT2D eigenvalue weighted by molar-refractivity contribution is 0.270. The highest BCUT2D eigenvalue weighted by Crippen LogP contribution is 2.32. The maximum absolute atomic E-state index is 5.47. The van der Waals surface area contributed by atoms with E-state index in [1.54, 1.807) is 0 Å². The first kappa shape index (κ1) is 16.5. The summed E-state index contributed by atoms with van der Waals surface area (Å²) in [6.45, 7) is 3.02. The minimum Gasteiger partial charge on any atom is -0.338 e. The second-order valence-corrected chi connectivity index (χ2v) is 7.76. The molecule has 27 heavy (non-hydrogen) atoms. The van der Waals surface area contributed by atoms with Gasteiger partial charge in [0, 0.05) is 43.5 Å². The van der Waals surface area contributed by atoms with Crippen LogP contribution in [0.25, 0.3) is 11.5 Å². The maximum Gasteiger partial charge on any atom is 0.266 e. The number of piperidine rings is 1. The number of aromatic nitrogens is 4. The van der Waals surface area contributed by atoms with Crippen LogP contribution in [0.4, 0.5) is 5.95 Å². The molecule has 0 bridgehead atoms. The number of nitrogens with zero attached hydrogens (tertiary/aromatic N) is 5. The maximum atomic E-state index is 5.47. The molecular formula is C21H25N5O. The van der Waals surface area contributed by atoms with E-state index in [0.717, 1.165) is 44.0 Å². The predicted octanol–water partition coefficient (Wildman–Crippen LogP) is 4.12. The molecule has 140 valence electrons. The molecule has 1 aromatic carbocycles. The Kier molecular flexibility index (Phi) is 4.40. The van der Waals surface area contributed by atoms with E-state index >= 15 is 0 Å². The Balaban J connectivity index is 1.23. The van der Waals surface area contributed by atoms with E-state index in [1.807, 2.05) is 36.5 Å². The van der Waals surface area contributed by atoms with Gasteiger partial charge in [-0.05, 0) is 48.9 Å². The van der Waals surface area contributed by atoms with Crippen molar-refractivity contribution >= 4 is 5.95 Å². The monoisotopic (exact) mass is 363 g/mol. The van der Waals surface area contributed by atoms with Gasteiger partial charge in [-0.1, -0.05) is 24.6 Å². The molecule has 6 heteroatoms. The third-order valence-electron chi connectivity index (χ3n) is 6.01. The molecule has 0 radical (unpaired) electrons. The van der Waals surface area contributed by atoms with Crippen molar-refractivity contribution in [1.82, 2.24) is 19.7 Å². The van der Waals surface area contributed by atoms with Crippen molar-refractivity contribution in [1.29, 1.82) is 0 Å². The molecule has 3 aromatic rings. The van der Waals surface area contributed by atoms with E-state index < -0.39 is 0 Å². The second kappa shape index (κ2) is 7.18. The smallest absolute Gasteiger partial charge is 0.266 e. The van der Waals surface area contributed by atoms with Crippen LogP contribution in [-0.2, 0) is 6.54 Å². The molecule has 0 amide bonds. The van der Waals surface area contributed by atoms with Crippen molar-refractivity contribution in [3.8, 4) is 11.5 Å². The first-order valence-electron chi connectivity index (χ1n) is 10.0. The van der Waals surface area contributed by atoms with Gasteiger partial charge in [0.2, 0.25) is 0 Å². The molecule has 6 nitrogen and oxygen atoms in total. The third-order valence-corrected chi connectivity index (χ3v) is 6.01. The molecule has 2 aromatic heterocycles. The molecule has 0 spiro atoms. The van der Waals surface area contributed by atoms with E-state index in [2.05, 4.69) is 30.8 Å². The molecular weight excluding hydrogens is 338 g/mol. The topological polar surface area (TPSA) is 60.0 Å². The molecule has 0 N–H and O–H groups in total. The van der Waals surface area contributed by atoms with Gasteiger partial charge in [0.25, 0.3) is 11.8 Å². The van der Waals surface area contributed by atoms with Crippen molar-refractivity contribution in [2.24, 2.45) is 5.92 Å². The van der Waals surface area contributed by atoms with E-state index in [9.17, 15) is 0 Å². The highest BCUT2D eigenvalue weighted by molar-refractivity contribution is 5.54. The zero-order valence-electron chi connectivity index (χ0n) is 15.5. The van der Waals surface area contributed by atoms with Gasteiger partial charge in [-0.3, -0.25) is 0 Å². The summed E-state index contributed by atoms with van der Waals surface area (Å²) in [5.74, 6) is 3.93. The normalized spacial score (nSPS) is 18.6. The standard InChI is InChI=1S/C21H25N5O/c1-2-7-18(8-3-1)20-23-21(24-27-20)25-12-9-17(10-13-25)19-22-11-14-26(19)15-16-5-4-6-16/h1-3,7-8,11,14,16-17H,4-6,9-10,12-13,15H2. The lowest BCUT2D eigenvalue weighted by Crippen LogP contribution is -2.34. The summed E-state index contributed by atoms with van der Waals surface area (Å²) < 4.78 is 7.86. The number of rotatable bonds is 5. The molecule has 3 heterocycles. The van der Waals surface area contributed by atoms with Crippen LogP contribution in [0.2, 0.25) is 0 Å². The Hall–Kier alpha value is -2.63. The average Bonchev–Trinajstić information content (AvgIpc) is 3.35. The quantitative estimate of drug-likeness (QED) is 0.682. The fourth-order valence-corrected chi connectivity index (χ4v) is 4.17. The molecule has 1 saturated carbocycles. The fraction of sp³-hybridized carbons (Fsp3) is 0.476. The van der Waals surface area contributed by atoms with Crippen LogP contribution in [0.5, 0.6) is 0 Å². The Morgan fingerprint density at radius 3 is 2.59 bits per heavy atom. The zero-order chi connectivity index (χ0) is 18.1. The summed E-state index contributed by atoms with van der Waals surface area (Å²) in [7, 11) is 0. The highest BCUT2D eigenvalue weighted by atomic mass is 16.5. The summed E-state index contributed by atoms with van der Waals surface area (Å²) in [5, 5.41) is 4.20. The van der Waals surface area contributed by atoms with Crippen molar-refractivity contribution in [2.75, 3.05) is 18.0 Å². The van der Waals surface area contributed by atoms with Gasteiger partial charge in [-0.2, -0.15) is 4.98 Å². The van der Waals surface area contributed by atoms with E-state index in [4.69, 9.17) is 4.52 Å². The summed E-state index contributed by atoms with van der Waals surface area (Å²) >= 11 is 0. The predicted molar refractivity (Wildman–Crippen MR) is 103 cm³/mol. The SMILES string of the molecule is c1ccc(-c2nc(N3CCC(c4nccn4CC4CCC4)CC3)no2)cc1. The van der Waals surface area contributed by atoms with Crippen LogP contribution in [0, 0.1) is 5.92 Å². The van der Waals surface area contributed by atoms with E-state index in [-0.39, 0.29) is 0 Å². The first-order chi connectivity index (χ1) is 13.4. The Morgan fingerprint density at radius 2 is 1.85 bits per heavy atom. The zero-order valence-corrected chi connectivity index (χ0v) is 15.5. The lowest BCUT2D eigenvalue weighted by Gasteiger charge is -2.32. The summed E-state index contributed by atoms with van der Waals surface area (Å²) in [6, 6.07) is 9.93. The van der Waals surface area contributed by atoms with Gasteiger partial charge in [-0.25, -0.2) is 4.98 Å². The van der Waals surface area contributed by atoms with Gasteiger partial charge in [0.05, 0.1) is 0 Å². The van der Waals surface area contributed by atoms with Gasteiger partial charge in [-0.15, -0.1) is 0 Å². The molecule has 1 aliphatic heterocycles. The summed E-state index contributed by atoms with van der Waals surface area (Å²) in [6.07, 6.45) is 10.4. The van der Waals surface area contributed by atoms with Crippen molar-refractivity contribution in [3.05, 3.63) is 48.5 Å². The van der Waals surface area contributed by atoms with Crippen LogP contribution < -0.4 is 4.90 Å². The highest BCUT2D eigenvalue weighted by Gasteiger charge is 2.27. The first-order valence-corrected chi connectivity index (χ1v) is 10.0. The minimum absolute atomic E-state index is 0.525. The fourth-order valence-electron chi connectivity index (χ4n) is 4.17. The number of hydrogen-bond donors (Lipinski definition) is 0. The molecule has 1 saturated heterocycles. The molecule has 5 rings (SSSR count). The summed E-state index contributed by atoms with van der Waals surface area (Å²) in [4.78, 5) is 11.5. The second-order valence-electron chi connectivity index (χ2n) is 7.76. The molecule has 0 unspecified atom stereocenters. The lowest BCUT2D eigenvalue weighted by atomic mass is 9.85. The minimum atomic E-state index is 0.525. The largest absolute Gasteiger partial charge is 0.338 e. The Bertz CT molecular complexity index is 875. The third kappa shape index (κ3) is 3.36. The number of benzene rings is 1. The van der Waals surface area contributed by atoms with Crippen LogP contribution >= 0.6 is 0 Å². The Morgan fingerprint density at radius 1 is 1.04 bits per heavy atom. The number of anilines is 1. The molecule has 2 fully saturated rings. The molecule has 0 atom stereocenters. The van der Waals surface area contributed by atoms with Crippen molar-refractivity contribution < 1.29 is 4.52 Å². The van der Waals surface area contributed by atoms with Crippen LogP contribution in [-0.4, -0.2) is 32.8 Å².